The first-order valence-corrected chi connectivity index (χ1v) is 8.39. The first kappa shape index (κ1) is 16.3. The summed E-state index contributed by atoms with van der Waals surface area (Å²) in [5, 5.41) is 15.3. The molecule has 5 heteroatoms. The molecule has 2 fully saturated rings. The van der Waals surface area contributed by atoms with Crippen molar-refractivity contribution in [3.8, 4) is 0 Å². The Hall–Kier alpha value is -1.10. The number of nitrogens with one attached hydrogen (secondary N) is 2. The van der Waals surface area contributed by atoms with E-state index in [0.29, 0.717) is 25.4 Å². The molecule has 0 aromatic carbocycles. The highest BCUT2D eigenvalue weighted by Crippen LogP contribution is 2.26. The third kappa shape index (κ3) is 5.30. The van der Waals surface area contributed by atoms with E-state index in [4.69, 9.17) is 0 Å². The van der Waals surface area contributed by atoms with E-state index in [1.807, 2.05) is 0 Å². The predicted octanol–water partition coefficient (Wildman–Crippen LogP) is 1.35. The van der Waals surface area contributed by atoms with Gasteiger partial charge in [0.2, 0.25) is 11.8 Å². The monoisotopic (exact) mass is 296 g/mol. The normalized spacial score (nSPS) is 26.5. The Morgan fingerprint density at radius 1 is 0.905 bits per heavy atom. The smallest absolute Gasteiger partial charge is 0.225 e. The van der Waals surface area contributed by atoms with Gasteiger partial charge in [0, 0.05) is 19.5 Å². The number of hydrogen-bond donors (Lipinski definition) is 3. The SMILES string of the molecule is O=C(CC1CCCCC1)NCCNC(=O)C1CCCC1O. The van der Waals surface area contributed by atoms with Crippen LogP contribution in [0.3, 0.4) is 0 Å². The van der Waals surface area contributed by atoms with Gasteiger partial charge < -0.3 is 15.7 Å². The van der Waals surface area contributed by atoms with Gasteiger partial charge in [-0.25, -0.2) is 0 Å². The average molecular weight is 296 g/mol. The zero-order valence-corrected chi connectivity index (χ0v) is 12.8. The third-order valence-corrected chi connectivity index (χ3v) is 4.76. The molecule has 0 aromatic heterocycles. The van der Waals surface area contributed by atoms with Gasteiger partial charge >= 0.3 is 0 Å². The maximum atomic E-state index is 11.8. The van der Waals surface area contributed by atoms with Crippen molar-refractivity contribution in [3.63, 3.8) is 0 Å². The van der Waals surface area contributed by atoms with Crippen LogP contribution in [0.1, 0.15) is 57.8 Å². The number of amides is 2. The van der Waals surface area contributed by atoms with Crippen LogP contribution in [0.25, 0.3) is 0 Å². The van der Waals surface area contributed by atoms with Crippen LogP contribution in [-0.2, 0) is 9.59 Å². The van der Waals surface area contributed by atoms with Crippen molar-refractivity contribution in [2.75, 3.05) is 13.1 Å². The lowest BCUT2D eigenvalue weighted by Crippen LogP contribution is -2.39. The molecule has 0 radical (unpaired) electrons. The van der Waals surface area contributed by atoms with Crippen molar-refractivity contribution in [1.82, 2.24) is 10.6 Å². The van der Waals surface area contributed by atoms with E-state index in [1.165, 1.54) is 32.1 Å². The second kappa shape index (κ2) is 8.37. The molecule has 120 valence electrons. The molecule has 0 aromatic rings. The minimum atomic E-state index is -0.495. The number of carbonyl (C=O) groups excluding carboxylic acids is 2. The summed E-state index contributed by atoms with van der Waals surface area (Å²) in [5.41, 5.74) is 0. The van der Waals surface area contributed by atoms with E-state index in [0.717, 1.165) is 19.3 Å². The molecule has 2 amide bonds. The number of aliphatic hydroxyl groups is 1. The fraction of sp³-hybridized carbons (Fsp3) is 0.875. The van der Waals surface area contributed by atoms with Crippen LogP contribution in [0, 0.1) is 11.8 Å². The Morgan fingerprint density at radius 2 is 1.62 bits per heavy atom. The molecule has 0 aliphatic heterocycles. The van der Waals surface area contributed by atoms with Gasteiger partial charge in [-0.05, 0) is 38.0 Å². The van der Waals surface area contributed by atoms with Gasteiger partial charge in [-0.15, -0.1) is 0 Å². The van der Waals surface area contributed by atoms with Gasteiger partial charge in [-0.1, -0.05) is 19.3 Å². The van der Waals surface area contributed by atoms with Gasteiger partial charge in [0.25, 0.3) is 0 Å². The lowest BCUT2D eigenvalue weighted by molar-refractivity contribution is -0.128. The maximum Gasteiger partial charge on any atom is 0.225 e. The van der Waals surface area contributed by atoms with Crippen molar-refractivity contribution < 1.29 is 14.7 Å². The molecule has 2 aliphatic carbocycles. The van der Waals surface area contributed by atoms with Gasteiger partial charge in [-0.3, -0.25) is 9.59 Å². The third-order valence-electron chi connectivity index (χ3n) is 4.76. The molecule has 2 atom stereocenters. The van der Waals surface area contributed by atoms with Crippen LogP contribution in [0.2, 0.25) is 0 Å². The van der Waals surface area contributed by atoms with Crippen molar-refractivity contribution in [2.45, 2.75) is 63.9 Å². The molecule has 0 bridgehead atoms. The van der Waals surface area contributed by atoms with Crippen molar-refractivity contribution >= 4 is 11.8 Å². The van der Waals surface area contributed by atoms with E-state index >= 15 is 0 Å². The largest absolute Gasteiger partial charge is 0.392 e. The van der Waals surface area contributed by atoms with Crippen LogP contribution in [0.15, 0.2) is 0 Å². The Labute approximate surface area is 126 Å². The topological polar surface area (TPSA) is 78.4 Å². The van der Waals surface area contributed by atoms with Crippen molar-refractivity contribution in [2.24, 2.45) is 11.8 Å². The van der Waals surface area contributed by atoms with Gasteiger partial charge in [-0.2, -0.15) is 0 Å². The first-order valence-electron chi connectivity index (χ1n) is 8.39. The summed E-state index contributed by atoms with van der Waals surface area (Å²) in [6, 6.07) is 0. The van der Waals surface area contributed by atoms with E-state index in [2.05, 4.69) is 10.6 Å². The fourth-order valence-corrected chi connectivity index (χ4v) is 3.49. The molecule has 3 N–H and O–H groups in total. The highest BCUT2D eigenvalue weighted by atomic mass is 16.3. The van der Waals surface area contributed by atoms with Crippen LogP contribution in [-0.4, -0.2) is 36.1 Å². The molecule has 0 saturated heterocycles. The summed E-state index contributed by atoms with van der Waals surface area (Å²) in [4.78, 5) is 23.6. The molecule has 0 heterocycles. The standard InChI is InChI=1S/C16H28N2O3/c19-14-8-4-7-13(14)16(21)18-10-9-17-15(20)11-12-5-2-1-3-6-12/h12-14,19H,1-11H2,(H,17,20)(H,18,21). The van der Waals surface area contributed by atoms with E-state index in [1.54, 1.807) is 0 Å². The summed E-state index contributed by atoms with van der Waals surface area (Å²) < 4.78 is 0. The summed E-state index contributed by atoms with van der Waals surface area (Å²) in [5.74, 6) is 0.295. The summed E-state index contributed by atoms with van der Waals surface area (Å²) in [6.45, 7) is 0.915. The quantitative estimate of drug-likeness (QED) is 0.647. The number of rotatable bonds is 6. The molecule has 2 unspecified atom stereocenters. The molecule has 2 rings (SSSR count). The average Bonchev–Trinajstić information content (AvgIpc) is 2.91. The van der Waals surface area contributed by atoms with Crippen LogP contribution < -0.4 is 10.6 Å². The minimum Gasteiger partial charge on any atom is -0.392 e. The highest BCUT2D eigenvalue weighted by molar-refractivity contribution is 5.79. The Morgan fingerprint density at radius 3 is 2.29 bits per heavy atom. The molecule has 2 saturated carbocycles. The zero-order valence-electron chi connectivity index (χ0n) is 12.8. The molecule has 5 nitrogen and oxygen atoms in total. The summed E-state index contributed by atoms with van der Waals surface area (Å²) in [7, 11) is 0. The minimum absolute atomic E-state index is 0.0819. The lowest BCUT2D eigenvalue weighted by atomic mass is 9.87. The van der Waals surface area contributed by atoms with Gasteiger partial charge in [0.05, 0.1) is 12.0 Å². The number of hydrogen-bond acceptors (Lipinski definition) is 3. The summed E-state index contributed by atoms with van der Waals surface area (Å²) >= 11 is 0. The maximum absolute atomic E-state index is 11.8. The molecular formula is C16H28N2O3. The predicted molar refractivity (Wildman–Crippen MR) is 80.6 cm³/mol. The molecule has 21 heavy (non-hydrogen) atoms. The van der Waals surface area contributed by atoms with Crippen LogP contribution in [0.5, 0.6) is 0 Å². The second-order valence-corrected chi connectivity index (χ2v) is 6.45. The van der Waals surface area contributed by atoms with E-state index in [-0.39, 0.29) is 17.7 Å². The van der Waals surface area contributed by atoms with E-state index in [9.17, 15) is 14.7 Å². The Kier molecular flexibility index (Phi) is 6.49. The summed E-state index contributed by atoms with van der Waals surface area (Å²) in [6.07, 6.45) is 8.66. The molecule has 0 spiro atoms. The highest BCUT2D eigenvalue weighted by Gasteiger charge is 2.31. The van der Waals surface area contributed by atoms with Crippen LogP contribution >= 0.6 is 0 Å². The number of carbonyl (C=O) groups is 2. The van der Waals surface area contributed by atoms with Gasteiger partial charge in [0.1, 0.15) is 0 Å². The zero-order chi connectivity index (χ0) is 15.1. The van der Waals surface area contributed by atoms with E-state index < -0.39 is 6.10 Å². The second-order valence-electron chi connectivity index (χ2n) is 6.45. The fourth-order valence-electron chi connectivity index (χ4n) is 3.49. The lowest BCUT2D eigenvalue weighted by Gasteiger charge is -2.21. The van der Waals surface area contributed by atoms with Gasteiger partial charge in [0.15, 0.2) is 0 Å². The van der Waals surface area contributed by atoms with Crippen molar-refractivity contribution in [1.29, 1.82) is 0 Å². The number of aliphatic hydroxyl groups excluding tert-OH is 1. The van der Waals surface area contributed by atoms with Crippen molar-refractivity contribution in [3.05, 3.63) is 0 Å². The molecular weight excluding hydrogens is 268 g/mol. The molecule has 2 aliphatic rings. The first-order chi connectivity index (χ1) is 10.2. The van der Waals surface area contributed by atoms with Crippen LogP contribution in [0.4, 0.5) is 0 Å². The Bertz CT molecular complexity index is 353. The Balaban J connectivity index is 1.54.